The molecule has 1 aromatic carbocycles. The molecule has 0 heterocycles. The Kier molecular flexibility index (Phi) is 9.24. The molecule has 156 valence electrons. The lowest BCUT2D eigenvalue weighted by Gasteiger charge is -2.20. The maximum absolute atomic E-state index is 12.5. The summed E-state index contributed by atoms with van der Waals surface area (Å²) in [7, 11) is -3.71. The van der Waals surface area contributed by atoms with Gasteiger partial charge in [-0.25, -0.2) is 17.9 Å². The number of alkyl carbamates (subject to hydrolysis) is 1. The molecule has 9 nitrogen and oxygen atoms in total. The lowest BCUT2D eigenvalue weighted by Crippen LogP contribution is -2.37. The first-order valence-electron chi connectivity index (χ1n) is 9.10. The van der Waals surface area contributed by atoms with Gasteiger partial charge in [0.15, 0.2) is 0 Å². The Morgan fingerprint density at radius 2 is 1.89 bits per heavy atom. The number of benzene rings is 1. The zero-order chi connectivity index (χ0) is 21.2. The normalized spacial score (nSPS) is 12.7. The van der Waals surface area contributed by atoms with Crippen molar-refractivity contribution in [1.29, 1.82) is 0 Å². The molecule has 0 unspecified atom stereocenters. The molecule has 0 bridgehead atoms. The highest BCUT2D eigenvalue weighted by Gasteiger charge is 2.20. The minimum atomic E-state index is -3.71. The van der Waals surface area contributed by atoms with E-state index in [1.165, 1.54) is 12.1 Å². The third-order valence-corrected chi connectivity index (χ3v) is 5.20. The van der Waals surface area contributed by atoms with Crippen molar-refractivity contribution in [3.05, 3.63) is 40.3 Å². The molecule has 2 N–H and O–H groups in total. The van der Waals surface area contributed by atoms with Crippen LogP contribution in [0, 0.1) is 6.92 Å². The third kappa shape index (κ3) is 9.59. The molecule has 0 saturated carbocycles. The van der Waals surface area contributed by atoms with Crippen LogP contribution < -0.4 is 10.0 Å². The number of amides is 1. The zero-order valence-electron chi connectivity index (χ0n) is 16.8. The fourth-order valence-electron chi connectivity index (χ4n) is 2.35. The zero-order valence-corrected chi connectivity index (χ0v) is 17.6. The van der Waals surface area contributed by atoms with Crippen molar-refractivity contribution in [2.75, 3.05) is 13.1 Å². The summed E-state index contributed by atoms with van der Waals surface area (Å²) in [6.45, 7) is 7.65. The number of unbranched alkanes of at least 4 members (excludes halogenated alkanes) is 1. The Bertz CT molecular complexity index is 781. The standard InChI is InChI=1S/C18H29N5O4S/c1-14-8-10-16(11-9-14)28(25,26)22-15(13-21-23-19)7-5-6-12-20-17(24)27-18(2,3)4/h8-11,15,22H,5-7,12-13H2,1-4H3,(H,20,24)/t15-/m0/s1. The predicted octanol–water partition coefficient (Wildman–Crippen LogP) is 3.65. The van der Waals surface area contributed by atoms with Crippen molar-refractivity contribution in [1.82, 2.24) is 10.0 Å². The van der Waals surface area contributed by atoms with Crippen LogP contribution in [0.25, 0.3) is 10.4 Å². The summed E-state index contributed by atoms with van der Waals surface area (Å²) in [5.41, 5.74) is 8.95. The number of nitrogens with one attached hydrogen (secondary N) is 2. The van der Waals surface area contributed by atoms with Crippen molar-refractivity contribution in [3.63, 3.8) is 0 Å². The first-order chi connectivity index (χ1) is 13.0. The topological polar surface area (TPSA) is 133 Å². The molecular weight excluding hydrogens is 382 g/mol. The van der Waals surface area contributed by atoms with Gasteiger partial charge in [0, 0.05) is 24.0 Å². The number of carbonyl (C=O) groups excluding carboxylic acids is 1. The number of ether oxygens (including phenoxy) is 1. The number of carbonyl (C=O) groups is 1. The second-order valence-corrected chi connectivity index (χ2v) is 9.18. The average Bonchev–Trinajstić information content (AvgIpc) is 2.57. The molecule has 0 aromatic heterocycles. The molecule has 0 aliphatic heterocycles. The van der Waals surface area contributed by atoms with Crippen LogP contribution in [0.5, 0.6) is 0 Å². The second-order valence-electron chi connectivity index (χ2n) is 7.47. The molecule has 0 radical (unpaired) electrons. The Hall–Kier alpha value is -2.29. The van der Waals surface area contributed by atoms with E-state index in [1.54, 1.807) is 32.9 Å². The van der Waals surface area contributed by atoms with Gasteiger partial charge in [-0.3, -0.25) is 0 Å². The summed E-state index contributed by atoms with van der Waals surface area (Å²) in [6.07, 6.45) is 1.26. The molecular formula is C18H29N5O4S. The van der Waals surface area contributed by atoms with Crippen LogP contribution in [0.1, 0.15) is 45.6 Å². The maximum atomic E-state index is 12.5. The lowest BCUT2D eigenvalue weighted by atomic mass is 10.1. The summed E-state index contributed by atoms with van der Waals surface area (Å²) in [4.78, 5) is 14.5. The number of nitrogens with zero attached hydrogens (tertiary/aromatic N) is 3. The van der Waals surface area contributed by atoms with E-state index in [1.807, 2.05) is 6.92 Å². The fraction of sp³-hybridized carbons (Fsp3) is 0.611. The molecule has 1 aromatic rings. The van der Waals surface area contributed by atoms with Gasteiger partial charge in [0.25, 0.3) is 0 Å². The van der Waals surface area contributed by atoms with E-state index in [0.29, 0.717) is 25.8 Å². The summed E-state index contributed by atoms with van der Waals surface area (Å²) >= 11 is 0. The van der Waals surface area contributed by atoms with E-state index in [-0.39, 0.29) is 11.4 Å². The highest BCUT2D eigenvalue weighted by Crippen LogP contribution is 2.13. The monoisotopic (exact) mass is 411 g/mol. The van der Waals surface area contributed by atoms with Gasteiger partial charge in [-0.1, -0.05) is 29.2 Å². The summed E-state index contributed by atoms with van der Waals surface area (Å²) < 4.78 is 32.8. The maximum Gasteiger partial charge on any atom is 0.407 e. The molecule has 0 spiro atoms. The lowest BCUT2D eigenvalue weighted by molar-refractivity contribution is 0.0527. The SMILES string of the molecule is Cc1ccc(S(=O)(=O)N[C@@H](CCCCNC(=O)OC(C)(C)C)CN=[N+]=[N-])cc1. The van der Waals surface area contributed by atoms with Crippen molar-refractivity contribution >= 4 is 16.1 Å². The Labute approximate surface area is 166 Å². The number of sulfonamides is 1. The smallest absolute Gasteiger partial charge is 0.407 e. The van der Waals surface area contributed by atoms with Gasteiger partial charge < -0.3 is 10.1 Å². The number of hydrogen-bond donors (Lipinski definition) is 2. The molecule has 1 amide bonds. The molecule has 10 heteroatoms. The largest absolute Gasteiger partial charge is 0.444 e. The first-order valence-corrected chi connectivity index (χ1v) is 10.6. The minimum absolute atomic E-state index is 0.0150. The fourth-order valence-corrected chi connectivity index (χ4v) is 3.61. The Balaban J connectivity index is 2.53. The van der Waals surface area contributed by atoms with E-state index in [2.05, 4.69) is 20.1 Å². The predicted molar refractivity (Wildman–Crippen MR) is 107 cm³/mol. The van der Waals surface area contributed by atoms with E-state index < -0.39 is 27.8 Å². The van der Waals surface area contributed by atoms with E-state index >= 15 is 0 Å². The van der Waals surface area contributed by atoms with Gasteiger partial charge in [-0.2, -0.15) is 0 Å². The average molecular weight is 412 g/mol. The van der Waals surface area contributed by atoms with E-state index in [9.17, 15) is 13.2 Å². The van der Waals surface area contributed by atoms with Crippen molar-refractivity contribution in [3.8, 4) is 0 Å². The molecule has 0 saturated heterocycles. The Morgan fingerprint density at radius 3 is 2.46 bits per heavy atom. The van der Waals surface area contributed by atoms with E-state index in [0.717, 1.165) is 5.56 Å². The third-order valence-electron chi connectivity index (χ3n) is 3.67. The van der Waals surface area contributed by atoms with Crippen molar-refractivity contribution in [2.45, 2.75) is 63.5 Å². The van der Waals surface area contributed by atoms with Gasteiger partial charge in [0.1, 0.15) is 5.60 Å². The second kappa shape index (κ2) is 10.9. The van der Waals surface area contributed by atoms with Gasteiger partial charge in [0.2, 0.25) is 10.0 Å². The number of azide groups is 1. The van der Waals surface area contributed by atoms with Crippen LogP contribution in [-0.4, -0.2) is 39.2 Å². The van der Waals surface area contributed by atoms with Gasteiger partial charge >= 0.3 is 6.09 Å². The summed E-state index contributed by atoms with van der Waals surface area (Å²) in [6, 6.07) is 5.99. The van der Waals surface area contributed by atoms with Crippen LogP contribution in [0.15, 0.2) is 34.3 Å². The molecule has 1 atom stereocenters. The number of rotatable bonds is 10. The van der Waals surface area contributed by atoms with Gasteiger partial charge in [-0.05, 0) is 58.2 Å². The van der Waals surface area contributed by atoms with Crippen LogP contribution >= 0.6 is 0 Å². The molecule has 28 heavy (non-hydrogen) atoms. The van der Waals surface area contributed by atoms with Crippen LogP contribution in [-0.2, 0) is 14.8 Å². The van der Waals surface area contributed by atoms with Crippen molar-refractivity contribution in [2.24, 2.45) is 5.11 Å². The molecule has 0 aliphatic rings. The van der Waals surface area contributed by atoms with Crippen molar-refractivity contribution < 1.29 is 17.9 Å². The Morgan fingerprint density at radius 1 is 1.25 bits per heavy atom. The van der Waals surface area contributed by atoms with Crippen LogP contribution in [0.4, 0.5) is 4.79 Å². The number of aryl methyl sites for hydroxylation is 1. The van der Waals surface area contributed by atoms with Crippen LogP contribution in [0.2, 0.25) is 0 Å². The van der Waals surface area contributed by atoms with Crippen LogP contribution in [0.3, 0.4) is 0 Å². The van der Waals surface area contributed by atoms with Gasteiger partial charge in [-0.15, -0.1) is 0 Å². The van der Waals surface area contributed by atoms with E-state index in [4.69, 9.17) is 10.3 Å². The quantitative estimate of drug-likeness (QED) is 0.263. The highest BCUT2D eigenvalue weighted by atomic mass is 32.2. The van der Waals surface area contributed by atoms with Gasteiger partial charge in [0.05, 0.1) is 4.90 Å². The first kappa shape index (κ1) is 23.7. The minimum Gasteiger partial charge on any atom is -0.444 e. The molecule has 0 fully saturated rings. The molecule has 0 aliphatic carbocycles. The summed E-state index contributed by atoms with van der Waals surface area (Å²) in [5, 5.41) is 6.15. The number of hydrogen-bond acceptors (Lipinski definition) is 5. The highest BCUT2D eigenvalue weighted by molar-refractivity contribution is 7.89. The molecule has 1 rings (SSSR count). The summed E-state index contributed by atoms with van der Waals surface area (Å²) in [5.74, 6) is 0.